The van der Waals surface area contributed by atoms with Gasteiger partial charge in [-0.2, -0.15) is 26.3 Å². The van der Waals surface area contributed by atoms with Crippen LogP contribution >= 0.6 is 0 Å². The number of hydrogen-bond acceptors (Lipinski definition) is 2. The molecule has 1 fully saturated rings. The van der Waals surface area contributed by atoms with Crippen LogP contribution in [0.3, 0.4) is 0 Å². The van der Waals surface area contributed by atoms with Crippen LogP contribution in [-0.4, -0.2) is 20.8 Å². The number of H-pyrrole nitrogens is 1. The van der Waals surface area contributed by atoms with Gasteiger partial charge in [-0.1, -0.05) is 0 Å². The van der Waals surface area contributed by atoms with Gasteiger partial charge in [0.2, 0.25) is 5.91 Å². The quantitative estimate of drug-likeness (QED) is 0.769. The zero-order valence-electron chi connectivity index (χ0n) is 13.9. The van der Waals surface area contributed by atoms with Crippen LogP contribution in [0, 0.1) is 5.92 Å². The van der Waals surface area contributed by atoms with Crippen LogP contribution in [0.15, 0.2) is 30.6 Å². The Kier molecular flexibility index (Phi) is 4.92. The summed E-state index contributed by atoms with van der Waals surface area (Å²) in [4.78, 5) is 20.4. The number of benzene rings is 1. The normalized spacial score (nSPS) is 15.0. The molecule has 146 valence electrons. The van der Waals surface area contributed by atoms with E-state index in [2.05, 4.69) is 9.97 Å². The number of rotatable bonds is 5. The summed E-state index contributed by atoms with van der Waals surface area (Å²) in [7, 11) is 0. The molecule has 2 aromatic rings. The summed E-state index contributed by atoms with van der Waals surface area (Å²) < 4.78 is 78.1. The molecule has 1 aromatic heterocycles. The van der Waals surface area contributed by atoms with E-state index in [0.717, 1.165) is 0 Å². The second-order valence-corrected chi connectivity index (χ2v) is 6.42. The van der Waals surface area contributed by atoms with E-state index in [1.807, 2.05) is 0 Å². The molecule has 1 amide bonds. The molecule has 1 N–H and O–H groups in total. The Morgan fingerprint density at radius 1 is 1.04 bits per heavy atom. The standard InChI is InChI=1S/C17H15F6N3O/c18-16(19,20)12-5-10(6-13(7-12)17(21,22)23)8-26(15(27)11-1-2-11)9-14-24-3-4-25-14/h3-7,11H,1-2,8-9H2,(H,24,25). The SMILES string of the molecule is O=C(C1CC1)N(Cc1cc(C(F)(F)F)cc(C(F)(F)F)c1)Cc1ncc[nH]1. The second kappa shape index (κ2) is 6.90. The molecule has 0 radical (unpaired) electrons. The molecule has 3 rings (SSSR count). The monoisotopic (exact) mass is 391 g/mol. The maximum atomic E-state index is 13.0. The van der Waals surface area contributed by atoms with Gasteiger partial charge in [0, 0.05) is 24.9 Å². The molecule has 1 heterocycles. The van der Waals surface area contributed by atoms with Gasteiger partial charge in [-0.3, -0.25) is 4.79 Å². The minimum absolute atomic E-state index is 0.0278. The van der Waals surface area contributed by atoms with Gasteiger partial charge in [0.25, 0.3) is 0 Å². The minimum atomic E-state index is -4.93. The summed E-state index contributed by atoms with van der Waals surface area (Å²) in [5.41, 5.74) is -3.04. The summed E-state index contributed by atoms with van der Waals surface area (Å²) in [6.07, 6.45) is -5.58. The molecule has 1 saturated carbocycles. The van der Waals surface area contributed by atoms with Crippen LogP contribution in [0.5, 0.6) is 0 Å². The molecule has 4 nitrogen and oxygen atoms in total. The summed E-state index contributed by atoms with van der Waals surface area (Å²) in [5, 5.41) is 0. The van der Waals surface area contributed by atoms with Crippen molar-refractivity contribution in [2.75, 3.05) is 0 Å². The van der Waals surface area contributed by atoms with Crippen molar-refractivity contribution in [3.8, 4) is 0 Å². The smallest absolute Gasteiger partial charge is 0.347 e. The lowest BCUT2D eigenvalue weighted by atomic mass is 10.0. The molecule has 0 unspecified atom stereocenters. The fourth-order valence-corrected chi connectivity index (χ4v) is 2.70. The topological polar surface area (TPSA) is 49.0 Å². The van der Waals surface area contributed by atoms with Crippen LogP contribution < -0.4 is 0 Å². The largest absolute Gasteiger partial charge is 0.416 e. The van der Waals surface area contributed by atoms with Crippen LogP contribution in [0.4, 0.5) is 26.3 Å². The zero-order chi connectivity index (χ0) is 19.8. The van der Waals surface area contributed by atoms with Crippen molar-refractivity contribution in [2.45, 2.75) is 38.3 Å². The van der Waals surface area contributed by atoms with Crippen LogP contribution in [-0.2, 0) is 30.2 Å². The molecule has 0 atom stereocenters. The highest BCUT2D eigenvalue weighted by Gasteiger charge is 2.38. The van der Waals surface area contributed by atoms with Gasteiger partial charge in [0.1, 0.15) is 5.82 Å². The molecule has 0 aliphatic heterocycles. The number of nitrogens with zero attached hydrogens (tertiary/aromatic N) is 2. The maximum absolute atomic E-state index is 13.0. The van der Waals surface area contributed by atoms with Gasteiger partial charge < -0.3 is 9.88 Å². The van der Waals surface area contributed by atoms with Gasteiger partial charge in [0.15, 0.2) is 0 Å². The van der Waals surface area contributed by atoms with E-state index in [1.165, 1.54) is 17.3 Å². The minimum Gasteiger partial charge on any atom is -0.347 e. The van der Waals surface area contributed by atoms with Crippen molar-refractivity contribution in [3.05, 3.63) is 53.1 Å². The van der Waals surface area contributed by atoms with E-state index < -0.39 is 23.5 Å². The third-order valence-corrected chi connectivity index (χ3v) is 4.15. The molecular formula is C17H15F6N3O. The Hall–Kier alpha value is -2.52. The Balaban J connectivity index is 1.93. The Morgan fingerprint density at radius 2 is 1.63 bits per heavy atom. The van der Waals surface area contributed by atoms with Crippen LogP contribution in [0.25, 0.3) is 0 Å². The summed E-state index contributed by atoms with van der Waals surface area (Å²) in [6.45, 7) is -0.400. The average molecular weight is 391 g/mol. The van der Waals surface area contributed by atoms with E-state index in [0.29, 0.717) is 30.8 Å². The number of halogens is 6. The molecule has 27 heavy (non-hydrogen) atoms. The van der Waals surface area contributed by atoms with Crippen molar-refractivity contribution in [1.82, 2.24) is 14.9 Å². The molecular weight excluding hydrogens is 376 g/mol. The Morgan fingerprint density at radius 3 is 2.07 bits per heavy atom. The lowest BCUT2D eigenvalue weighted by Crippen LogP contribution is -2.32. The van der Waals surface area contributed by atoms with E-state index in [1.54, 1.807) is 0 Å². The number of carbonyl (C=O) groups excluding carboxylic acids is 1. The van der Waals surface area contributed by atoms with Crippen molar-refractivity contribution >= 4 is 5.91 Å². The number of aromatic amines is 1. The summed E-state index contributed by atoms with van der Waals surface area (Å²) in [5.74, 6) is -0.155. The maximum Gasteiger partial charge on any atom is 0.416 e. The van der Waals surface area contributed by atoms with Gasteiger partial charge in [0.05, 0.1) is 17.7 Å². The average Bonchev–Trinajstić information content (AvgIpc) is 3.29. The van der Waals surface area contributed by atoms with Crippen molar-refractivity contribution in [3.63, 3.8) is 0 Å². The van der Waals surface area contributed by atoms with E-state index in [9.17, 15) is 31.1 Å². The number of alkyl halides is 6. The highest BCUT2D eigenvalue weighted by molar-refractivity contribution is 5.81. The van der Waals surface area contributed by atoms with E-state index in [4.69, 9.17) is 0 Å². The van der Waals surface area contributed by atoms with E-state index in [-0.39, 0.29) is 36.5 Å². The number of hydrogen-bond donors (Lipinski definition) is 1. The van der Waals surface area contributed by atoms with Crippen molar-refractivity contribution in [1.29, 1.82) is 0 Å². The Labute approximate surface area is 150 Å². The number of nitrogens with one attached hydrogen (secondary N) is 1. The van der Waals surface area contributed by atoms with Crippen LogP contribution in [0.1, 0.15) is 35.4 Å². The predicted molar refractivity (Wildman–Crippen MR) is 82.0 cm³/mol. The predicted octanol–water partition coefficient (Wildman–Crippen LogP) is 4.39. The first-order chi connectivity index (χ1) is 12.5. The third-order valence-electron chi connectivity index (χ3n) is 4.15. The zero-order valence-corrected chi connectivity index (χ0v) is 13.9. The van der Waals surface area contributed by atoms with Crippen molar-refractivity contribution in [2.24, 2.45) is 5.92 Å². The fraction of sp³-hybridized carbons (Fsp3) is 0.412. The van der Waals surface area contributed by atoms with Crippen LogP contribution in [0.2, 0.25) is 0 Å². The molecule has 10 heteroatoms. The third kappa shape index (κ3) is 4.81. The van der Waals surface area contributed by atoms with Gasteiger partial charge in [-0.25, -0.2) is 4.98 Å². The number of aromatic nitrogens is 2. The molecule has 1 aliphatic carbocycles. The molecule has 1 aliphatic rings. The first kappa shape index (κ1) is 19.2. The summed E-state index contributed by atoms with van der Waals surface area (Å²) >= 11 is 0. The summed E-state index contributed by atoms with van der Waals surface area (Å²) in [6, 6.07) is 1.36. The Bertz CT molecular complexity index is 777. The number of imidazole rings is 1. The molecule has 0 spiro atoms. The molecule has 0 bridgehead atoms. The molecule has 0 saturated heterocycles. The highest BCUT2D eigenvalue weighted by Crippen LogP contribution is 2.37. The molecule has 1 aromatic carbocycles. The number of amides is 1. The second-order valence-electron chi connectivity index (χ2n) is 6.42. The lowest BCUT2D eigenvalue weighted by molar-refractivity contribution is -0.143. The fourth-order valence-electron chi connectivity index (χ4n) is 2.70. The number of carbonyl (C=O) groups is 1. The van der Waals surface area contributed by atoms with Gasteiger partial charge in [-0.15, -0.1) is 0 Å². The first-order valence-electron chi connectivity index (χ1n) is 8.09. The highest BCUT2D eigenvalue weighted by atomic mass is 19.4. The van der Waals surface area contributed by atoms with Gasteiger partial charge in [-0.05, 0) is 36.6 Å². The first-order valence-corrected chi connectivity index (χ1v) is 8.09. The van der Waals surface area contributed by atoms with Gasteiger partial charge >= 0.3 is 12.4 Å². The lowest BCUT2D eigenvalue weighted by Gasteiger charge is -2.23. The van der Waals surface area contributed by atoms with Crippen molar-refractivity contribution < 1.29 is 31.1 Å². The van der Waals surface area contributed by atoms with E-state index >= 15 is 0 Å².